The van der Waals surface area contributed by atoms with Gasteiger partial charge in [0, 0.05) is 24.5 Å². The van der Waals surface area contributed by atoms with Crippen molar-refractivity contribution in [2.24, 2.45) is 11.3 Å². The third kappa shape index (κ3) is 4.85. The van der Waals surface area contributed by atoms with Crippen LogP contribution in [0.4, 0.5) is 4.79 Å². The molecule has 2 saturated carbocycles. The number of ether oxygens (including phenoxy) is 1. The lowest BCUT2D eigenvalue weighted by molar-refractivity contribution is -0.139. The van der Waals surface area contributed by atoms with Crippen molar-refractivity contribution in [1.82, 2.24) is 16.0 Å². The fraction of sp³-hybridized carbons (Fsp3) is 0.481. The predicted octanol–water partition coefficient (Wildman–Crippen LogP) is 3.73. The fourth-order valence-corrected chi connectivity index (χ4v) is 5.89. The van der Waals surface area contributed by atoms with Gasteiger partial charge in [-0.05, 0) is 79.2 Å². The molecule has 3 amide bonds. The summed E-state index contributed by atoms with van der Waals surface area (Å²) in [6, 6.07) is 16.6. The maximum atomic E-state index is 12.8. The molecule has 2 aromatic carbocycles. The number of rotatable bonds is 6. The van der Waals surface area contributed by atoms with Crippen molar-refractivity contribution in [3.8, 4) is 5.75 Å². The summed E-state index contributed by atoms with van der Waals surface area (Å²) in [6.07, 6.45) is 6.87. The van der Waals surface area contributed by atoms with Crippen LogP contribution < -0.4 is 20.7 Å². The number of hydrogen-bond donors (Lipinski definition) is 3. The van der Waals surface area contributed by atoms with Gasteiger partial charge >= 0.3 is 6.03 Å². The molecule has 3 N–H and O–H groups in total. The Bertz CT molecular complexity index is 1010. The van der Waals surface area contributed by atoms with E-state index in [1.165, 1.54) is 11.1 Å². The minimum absolute atomic E-state index is 0.128. The van der Waals surface area contributed by atoms with Crippen LogP contribution in [0.2, 0.25) is 0 Å². The summed E-state index contributed by atoms with van der Waals surface area (Å²) in [5.41, 5.74) is 4.09. The molecule has 0 bridgehead atoms. The zero-order valence-corrected chi connectivity index (χ0v) is 19.2. The largest absolute Gasteiger partial charge is 0.497 e. The molecular formula is C27H33N3O3. The van der Waals surface area contributed by atoms with Crippen molar-refractivity contribution < 1.29 is 14.3 Å². The minimum Gasteiger partial charge on any atom is -0.497 e. The van der Waals surface area contributed by atoms with Gasteiger partial charge in [0.05, 0.1) is 7.11 Å². The standard InChI is InChI=1S/C27H33N3O3/c1-33-24-10-6-18(7-11-24)17-28-26(32)30-23-15-27(16-23)13-21(14-27)25(31)29-22-9-8-19-4-2-3-5-20(19)12-22/h2-7,10-11,21-23H,8-9,12-17H2,1H3,(H,29,31)(H2,28,30,32)/t21?,22-,23?,27?/m0/s1. The van der Waals surface area contributed by atoms with E-state index in [9.17, 15) is 9.59 Å². The lowest BCUT2D eigenvalue weighted by Crippen LogP contribution is -2.60. The molecule has 0 heterocycles. The topological polar surface area (TPSA) is 79.5 Å². The zero-order valence-electron chi connectivity index (χ0n) is 19.2. The van der Waals surface area contributed by atoms with Gasteiger partial charge < -0.3 is 20.7 Å². The highest BCUT2D eigenvalue weighted by atomic mass is 16.5. The summed E-state index contributed by atoms with van der Waals surface area (Å²) in [5, 5.41) is 9.30. The van der Waals surface area contributed by atoms with Gasteiger partial charge in [-0.3, -0.25) is 4.79 Å². The Morgan fingerprint density at radius 3 is 2.39 bits per heavy atom. The summed E-state index contributed by atoms with van der Waals surface area (Å²) < 4.78 is 5.15. The lowest BCUT2D eigenvalue weighted by Gasteiger charge is -2.57. The monoisotopic (exact) mass is 447 g/mol. The molecule has 1 spiro atoms. The smallest absolute Gasteiger partial charge is 0.315 e. The van der Waals surface area contributed by atoms with E-state index in [0.29, 0.717) is 6.54 Å². The number of aryl methyl sites for hydroxylation is 1. The first-order valence-corrected chi connectivity index (χ1v) is 12.1. The zero-order chi connectivity index (χ0) is 22.8. The van der Waals surface area contributed by atoms with E-state index < -0.39 is 0 Å². The van der Waals surface area contributed by atoms with Crippen molar-refractivity contribution in [2.75, 3.05) is 7.11 Å². The predicted molar refractivity (Wildman–Crippen MR) is 127 cm³/mol. The molecule has 6 heteroatoms. The first kappa shape index (κ1) is 21.8. The van der Waals surface area contributed by atoms with Crippen LogP contribution in [0.1, 0.15) is 48.8 Å². The SMILES string of the molecule is COc1ccc(CNC(=O)NC2CC3(C2)CC(C(=O)N[C@H]2CCc4ccccc4C2)C3)cc1. The van der Waals surface area contributed by atoms with E-state index in [4.69, 9.17) is 4.74 Å². The van der Waals surface area contributed by atoms with Crippen LogP contribution in [0.5, 0.6) is 5.75 Å². The summed E-state index contributed by atoms with van der Waals surface area (Å²) >= 11 is 0. The van der Waals surface area contributed by atoms with Crippen LogP contribution >= 0.6 is 0 Å². The second-order valence-corrected chi connectivity index (χ2v) is 10.1. The summed E-state index contributed by atoms with van der Waals surface area (Å²) in [6.45, 7) is 0.488. The number of fused-ring (bicyclic) bond motifs is 1. The quantitative estimate of drug-likeness (QED) is 0.631. The Kier molecular flexibility index (Phi) is 6.00. The van der Waals surface area contributed by atoms with Gasteiger partial charge in [-0.25, -0.2) is 4.79 Å². The average molecular weight is 448 g/mol. The van der Waals surface area contributed by atoms with Crippen molar-refractivity contribution in [3.63, 3.8) is 0 Å². The Morgan fingerprint density at radius 1 is 0.939 bits per heavy atom. The number of carbonyl (C=O) groups excluding carboxylic acids is 2. The molecule has 0 aliphatic heterocycles. The number of methoxy groups -OCH3 is 1. The normalized spacial score (nSPS) is 27.5. The van der Waals surface area contributed by atoms with Crippen LogP contribution in [0.15, 0.2) is 48.5 Å². The van der Waals surface area contributed by atoms with E-state index in [2.05, 4.69) is 40.2 Å². The highest BCUT2D eigenvalue weighted by Gasteiger charge is 2.55. The molecule has 0 aromatic heterocycles. The van der Waals surface area contributed by atoms with Gasteiger partial charge in [0.2, 0.25) is 5.91 Å². The summed E-state index contributed by atoms with van der Waals surface area (Å²) in [7, 11) is 1.64. The number of carbonyl (C=O) groups is 2. The second kappa shape index (κ2) is 9.08. The molecule has 0 radical (unpaired) electrons. The van der Waals surface area contributed by atoms with Gasteiger partial charge in [-0.2, -0.15) is 0 Å². The molecule has 2 fully saturated rings. The van der Waals surface area contributed by atoms with Gasteiger partial charge in [0.1, 0.15) is 5.75 Å². The minimum atomic E-state index is -0.128. The molecule has 33 heavy (non-hydrogen) atoms. The summed E-state index contributed by atoms with van der Waals surface area (Å²) in [4.78, 5) is 25.0. The first-order valence-electron chi connectivity index (χ1n) is 12.1. The van der Waals surface area contributed by atoms with E-state index in [1.807, 2.05) is 24.3 Å². The number of benzene rings is 2. The van der Waals surface area contributed by atoms with Crippen LogP contribution in [-0.4, -0.2) is 31.1 Å². The molecule has 0 saturated heterocycles. The average Bonchev–Trinajstić information content (AvgIpc) is 2.78. The number of hydrogen-bond acceptors (Lipinski definition) is 3. The molecular weight excluding hydrogens is 414 g/mol. The third-order valence-corrected chi connectivity index (χ3v) is 7.73. The van der Waals surface area contributed by atoms with Gasteiger partial charge in [0.15, 0.2) is 0 Å². The highest BCUT2D eigenvalue weighted by molar-refractivity contribution is 5.80. The van der Waals surface area contributed by atoms with Gasteiger partial charge in [-0.15, -0.1) is 0 Å². The van der Waals surface area contributed by atoms with Crippen molar-refractivity contribution >= 4 is 11.9 Å². The Hall–Kier alpha value is -3.02. The van der Waals surface area contributed by atoms with Crippen molar-refractivity contribution in [2.45, 2.75) is 63.6 Å². The maximum absolute atomic E-state index is 12.8. The number of urea groups is 1. The van der Waals surface area contributed by atoms with Gasteiger partial charge in [0.25, 0.3) is 0 Å². The molecule has 2 aromatic rings. The van der Waals surface area contributed by atoms with Gasteiger partial charge in [-0.1, -0.05) is 36.4 Å². The van der Waals surface area contributed by atoms with Crippen molar-refractivity contribution in [3.05, 3.63) is 65.2 Å². The highest BCUT2D eigenvalue weighted by Crippen LogP contribution is 2.58. The number of amides is 3. The van der Waals surface area contributed by atoms with Crippen LogP contribution in [0, 0.1) is 11.3 Å². The van der Waals surface area contributed by atoms with Crippen molar-refractivity contribution in [1.29, 1.82) is 0 Å². The maximum Gasteiger partial charge on any atom is 0.315 e. The molecule has 3 aliphatic carbocycles. The fourth-order valence-electron chi connectivity index (χ4n) is 5.89. The Morgan fingerprint density at radius 2 is 1.67 bits per heavy atom. The van der Waals surface area contributed by atoms with Crippen LogP contribution in [0.25, 0.3) is 0 Å². The van der Waals surface area contributed by atoms with E-state index in [0.717, 1.165) is 56.3 Å². The van der Waals surface area contributed by atoms with E-state index in [-0.39, 0.29) is 35.4 Å². The Balaban J connectivity index is 0.996. The second-order valence-electron chi connectivity index (χ2n) is 10.1. The molecule has 5 rings (SSSR count). The van der Waals surface area contributed by atoms with E-state index in [1.54, 1.807) is 7.11 Å². The van der Waals surface area contributed by atoms with Crippen LogP contribution in [-0.2, 0) is 24.2 Å². The molecule has 6 nitrogen and oxygen atoms in total. The summed E-state index contributed by atoms with van der Waals surface area (Å²) in [5.74, 6) is 1.16. The molecule has 1 atom stereocenters. The van der Waals surface area contributed by atoms with E-state index >= 15 is 0 Å². The molecule has 3 aliphatic rings. The first-order chi connectivity index (χ1) is 16.0. The van der Waals surface area contributed by atoms with Crippen LogP contribution in [0.3, 0.4) is 0 Å². The number of nitrogens with one attached hydrogen (secondary N) is 3. The molecule has 174 valence electrons. The molecule has 0 unspecified atom stereocenters. The lowest BCUT2D eigenvalue weighted by atomic mass is 9.50. The third-order valence-electron chi connectivity index (χ3n) is 7.73. The Labute approximate surface area is 195 Å².